The Morgan fingerprint density at radius 1 is 0.939 bits per heavy atom. The summed E-state index contributed by atoms with van der Waals surface area (Å²) in [6.45, 7) is 5.41. The molecule has 0 bridgehead atoms. The number of benzene rings is 2. The number of carbonyl (C=O) groups is 1. The first-order valence-electron chi connectivity index (χ1n) is 12.3. The van der Waals surface area contributed by atoms with E-state index >= 15 is 0 Å². The Morgan fingerprint density at radius 2 is 1.67 bits per heavy atom. The molecule has 0 atom stereocenters. The van der Waals surface area contributed by atoms with E-state index in [1.165, 1.54) is 17.5 Å². The predicted molar refractivity (Wildman–Crippen MR) is 130 cm³/mol. The van der Waals surface area contributed by atoms with E-state index in [-0.39, 0.29) is 5.92 Å². The number of hydrogen-bond donors (Lipinski definition) is 0. The highest BCUT2D eigenvalue weighted by Gasteiger charge is 2.29. The number of imidazole rings is 1. The fourth-order valence-electron chi connectivity index (χ4n) is 5.25. The summed E-state index contributed by atoms with van der Waals surface area (Å²) in [6, 6.07) is 16.6. The third kappa shape index (κ3) is 4.91. The van der Waals surface area contributed by atoms with Gasteiger partial charge < -0.3 is 14.2 Å². The average Bonchev–Trinajstić information content (AvgIpc) is 3.22. The van der Waals surface area contributed by atoms with E-state index in [0.29, 0.717) is 5.91 Å². The van der Waals surface area contributed by atoms with Gasteiger partial charge in [0, 0.05) is 25.6 Å². The van der Waals surface area contributed by atoms with Crippen LogP contribution in [0.2, 0.25) is 0 Å². The number of nitrogens with zero attached hydrogens (tertiary/aromatic N) is 4. The van der Waals surface area contributed by atoms with Crippen LogP contribution < -0.4 is 4.74 Å². The molecule has 2 aromatic carbocycles. The summed E-state index contributed by atoms with van der Waals surface area (Å²) >= 11 is 0. The Hall–Kier alpha value is -2.86. The first-order valence-corrected chi connectivity index (χ1v) is 12.3. The Morgan fingerprint density at radius 3 is 2.39 bits per heavy atom. The van der Waals surface area contributed by atoms with Crippen LogP contribution in [-0.2, 0) is 17.9 Å². The molecule has 174 valence electrons. The number of piperidine rings is 2. The van der Waals surface area contributed by atoms with Crippen LogP contribution in [0.1, 0.15) is 43.5 Å². The minimum absolute atomic E-state index is 0.192. The van der Waals surface area contributed by atoms with Gasteiger partial charge in [0.1, 0.15) is 11.6 Å². The maximum Gasteiger partial charge on any atom is 0.225 e. The Labute approximate surface area is 196 Å². The Bertz CT molecular complexity index is 1080. The number of hydrogen-bond acceptors (Lipinski definition) is 4. The lowest BCUT2D eigenvalue weighted by molar-refractivity contribution is -0.138. The molecule has 2 aliphatic rings. The lowest BCUT2D eigenvalue weighted by atomic mass is 9.94. The van der Waals surface area contributed by atoms with Gasteiger partial charge in [-0.2, -0.15) is 0 Å². The van der Waals surface area contributed by atoms with Crippen LogP contribution in [0, 0.1) is 5.92 Å². The summed E-state index contributed by atoms with van der Waals surface area (Å²) in [6.07, 6.45) is 5.49. The second-order valence-corrected chi connectivity index (χ2v) is 9.39. The van der Waals surface area contributed by atoms with E-state index < -0.39 is 0 Å². The molecule has 6 nitrogen and oxygen atoms in total. The molecule has 6 heteroatoms. The van der Waals surface area contributed by atoms with Gasteiger partial charge in [-0.3, -0.25) is 9.69 Å². The largest absolute Gasteiger partial charge is 0.497 e. The number of methoxy groups -OCH3 is 1. The van der Waals surface area contributed by atoms with Crippen molar-refractivity contribution in [2.75, 3.05) is 33.3 Å². The minimum Gasteiger partial charge on any atom is -0.497 e. The van der Waals surface area contributed by atoms with Gasteiger partial charge in [0.2, 0.25) is 5.91 Å². The summed E-state index contributed by atoms with van der Waals surface area (Å²) in [5.74, 6) is 2.54. The molecule has 5 rings (SSSR count). The molecule has 0 radical (unpaired) electrons. The molecule has 1 aromatic heterocycles. The minimum atomic E-state index is 0.192. The van der Waals surface area contributed by atoms with Crippen molar-refractivity contribution < 1.29 is 9.53 Å². The van der Waals surface area contributed by atoms with Crippen molar-refractivity contribution in [3.05, 3.63) is 59.9 Å². The number of fused-ring (bicyclic) bond motifs is 1. The molecular formula is C27H34N4O2. The molecule has 1 amide bonds. The number of amides is 1. The van der Waals surface area contributed by atoms with Crippen LogP contribution in [0.3, 0.4) is 0 Å². The van der Waals surface area contributed by atoms with Crippen LogP contribution in [0.15, 0.2) is 48.5 Å². The summed E-state index contributed by atoms with van der Waals surface area (Å²) in [4.78, 5) is 22.5. The van der Waals surface area contributed by atoms with E-state index in [2.05, 4.69) is 50.8 Å². The summed E-state index contributed by atoms with van der Waals surface area (Å²) in [5, 5.41) is 0. The highest BCUT2D eigenvalue weighted by Crippen LogP contribution is 2.25. The molecular weight excluding hydrogens is 412 g/mol. The molecule has 0 N–H and O–H groups in total. The maximum absolute atomic E-state index is 12.9. The fraction of sp³-hybridized carbons (Fsp3) is 0.481. The van der Waals surface area contributed by atoms with Gasteiger partial charge in [0.15, 0.2) is 0 Å². The van der Waals surface area contributed by atoms with Gasteiger partial charge in [-0.15, -0.1) is 0 Å². The second-order valence-electron chi connectivity index (χ2n) is 9.39. The monoisotopic (exact) mass is 446 g/mol. The van der Waals surface area contributed by atoms with Crippen LogP contribution in [0.4, 0.5) is 0 Å². The van der Waals surface area contributed by atoms with E-state index in [9.17, 15) is 4.79 Å². The molecule has 0 unspecified atom stereocenters. The van der Waals surface area contributed by atoms with Gasteiger partial charge in [-0.1, -0.05) is 24.3 Å². The van der Waals surface area contributed by atoms with Gasteiger partial charge in [0.25, 0.3) is 0 Å². The molecule has 0 saturated carbocycles. The van der Waals surface area contributed by atoms with Crippen molar-refractivity contribution in [2.24, 2.45) is 5.92 Å². The Balaban J connectivity index is 1.28. The number of ether oxygens (including phenoxy) is 1. The maximum atomic E-state index is 12.9. The van der Waals surface area contributed by atoms with Crippen molar-refractivity contribution in [2.45, 2.75) is 45.2 Å². The number of likely N-dealkylation sites (tertiary alicyclic amines) is 2. The smallest absolute Gasteiger partial charge is 0.225 e. The van der Waals surface area contributed by atoms with Gasteiger partial charge in [-0.25, -0.2) is 4.98 Å². The van der Waals surface area contributed by atoms with Crippen LogP contribution in [-0.4, -0.2) is 58.5 Å². The van der Waals surface area contributed by atoms with Crippen molar-refractivity contribution in [3.63, 3.8) is 0 Å². The van der Waals surface area contributed by atoms with Crippen LogP contribution in [0.25, 0.3) is 11.0 Å². The quantitative estimate of drug-likeness (QED) is 0.566. The van der Waals surface area contributed by atoms with E-state index in [4.69, 9.17) is 9.72 Å². The lowest BCUT2D eigenvalue weighted by Crippen LogP contribution is -2.44. The molecule has 2 fully saturated rings. The average molecular weight is 447 g/mol. The Kier molecular flexibility index (Phi) is 6.63. The third-order valence-electron chi connectivity index (χ3n) is 7.20. The lowest BCUT2D eigenvalue weighted by Gasteiger charge is -2.35. The molecule has 3 heterocycles. The van der Waals surface area contributed by atoms with Crippen molar-refractivity contribution >= 4 is 16.9 Å². The fourth-order valence-corrected chi connectivity index (χ4v) is 5.25. The SMILES string of the molecule is COc1ccc(Cn2c(CN3CCC(C(=O)N4CCCCC4)CC3)nc3ccccc32)cc1. The standard InChI is InChI=1S/C27H34N4O2/c1-33-23-11-9-21(10-12-23)19-31-25-8-4-3-7-24(25)28-26(31)20-29-17-13-22(14-18-29)27(32)30-15-5-2-6-16-30/h3-4,7-12,22H,2,5-6,13-20H2,1H3. The number of para-hydroxylation sites is 2. The molecule has 3 aromatic rings. The van der Waals surface area contributed by atoms with E-state index in [1.54, 1.807) is 7.11 Å². The summed E-state index contributed by atoms with van der Waals surface area (Å²) in [7, 11) is 1.69. The van der Waals surface area contributed by atoms with Gasteiger partial charge in [0.05, 0.1) is 24.7 Å². The zero-order valence-corrected chi connectivity index (χ0v) is 19.6. The van der Waals surface area contributed by atoms with Crippen molar-refractivity contribution in [1.82, 2.24) is 19.4 Å². The predicted octanol–water partition coefficient (Wildman–Crippen LogP) is 4.32. The highest BCUT2D eigenvalue weighted by atomic mass is 16.5. The molecule has 0 spiro atoms. The zero-order valence-electron chi connectivity index (χ0n) is 19.6. The van der Waals surface area contributed by atoms with Gasteiger partial charge in [-0.05, 0) is 75.0 Å². The molecule has 2 saturated heterocycles. The third-order valence-corrected chi connectivity index (χ3v) is 7.20. The van der Waals surface area contributed by atoms with Crippen molar-refractivity contribution in [1.29, 1.82) is 0 Å². The number of rotatable bonds is 6. The topological polar surface area (TPSA) is 50.6 Å². The highest BCUT2D eigenvalue weighted by molar-refractivity contribution is 5.79. The summed E-state index contributed by atoms with van der Waals surface area (Å²) < 4.78 is 7.65. The first kappa shape index (κ1) is 22.0. The zero-order chi connectivity index (χ0) is 22.6. The molecule has 2 aliphatic heterocycles. The van der Waals surface area contributed by atoms with Crippen LogP contribution >= 0.6 is 0 Å². The van der Waals surface area contributed by atoms with E-state index in [0.717, 1.165) is 82.0 Å². The second kappa shape index (κ2) is 9.96. The summed E-state index contributed by atoms with van der Waals surface area (Å²) in [5.41, 5.74) is 3.43. The molecule has 0 aliphatic carbocycles. The van der Waals surface area contributed by atoms with Gasteiger partial charge >= 0.3 is 0 Å². The van der Waals surface area contributed by atoms with Crippen molar-refractivity contribution in [3.8, 4) is 5.75 Å². The molecule has 33 heavy (non-hydrogen) atoms. The number of aromatic nitrogens is 2. The first-order chi connectivity index (χ1) is 16.2. The van der Waals surface area contributed by atoms with E-state index in [1.807, 2.05) is 12.1 Å². The van der Waals surface area contributed by atoms with Crippen LogP contribution in [0.5, 0.6) is 5.75 Å². The number of carbonyl (C=O) groups excluding carboxylic acids is 1. The normalized spacial score (nSPS) is 18.0.